The fourth-order valence-corrected chi connectivity index (χ4v) is 1.93. The van der Waals surface area contributed by atoms with E-state index in [-0.39, 0.29) is 0 Å². The summed E-state index contributed by atoms with van der Waals surface area (Å²) in [5.41, 5.74) is -2.85. The number of rotatable bonds is 1. The molecule has 2 bridgehead atoms. The Hall–Kier alpha value is -1.04. The molecule has 0 saturated carbocycles. The molecule has 2 aliphatic rings. The fourth-order valence-electron chi connectivity index (χ4n) is 1.93. The number of alkyl halides is 3. The van der Waals surface area contributed by atoms with Crippen LogP contribution < -0.4 is 5.11 Å². The number of carboxylic acid groups (broad SMARTS) is 1. The lowest BCUT2D eigenvalue weighted by Crippen LogP contribution is -2.56. The van der Waals surface area contributed by atoms with Gasteiger partial charge in [-0.2, -0.15) is 13.2 Å². The Balaban J connectivity index is 2.44. The third-order valence-electron chi connectivity index (χ3n) is 2.70. The van der Waals surface area contributed by atoms with E-state index in [0.29, 0.717) is 0 Å². The maximum Gasteiger partial charge on any atom is 0.402 e. The van der Waals surface area contributed by atoms with Gasteiger partial charge in [0.2, 0.25) is 0 Å². The van der Waals surface area contributed by atoms with Crippen LogP contribution in [0.2, 0.25) is 0 Å². The fraction of sp³-hybridized carbons (Fsp3) is 0.625. The average molecular weight is 207 g/mol. The molecule has 78 valence electrons. The number of aliphatic carboxylic acids is 1. The minimum Gasteiger partial charge on any atom is -0.549 e. The lowest BCUT2D eigenvalue weighted by Gasteiger charge is -2.35. The van der Waals surface area contributed by atoms with Crippen molar-refractivity contribution in [1.29, 1.82) is 0 Å². The molecule has 0 aromatic heterocycles. The van der Waals surface area contributed by atoms with Crippen LogP contribution in [0.1, 0.15) is 6.42 Å². The van der Waals surface area contributed by atoms with Crippen LogP contribution in [0.25, 0.3) is 0 Å². The van der Waals surface area contributed by atoms with Crippen LogP contribution in [-0.4, -0.2) is 24.4 Å². The molecule has 6 heteroatoms. The summed E-state index contributed by atoms with van der Waals surface area (Å²) in [5, 5.41) is 10.6. The molecule has 1 saturated heterocycles. The van der Waals surface area contributed by atoms with E-state index in [1.54, 1.807) is 0 Å². The van der Waals surface area contributed by atoms with Gasteiger partial charge in [-0.05, 0) is 6.42 Å². The highest BCUT2D eigenvalue weighted by Crippen LogP contribution is 2.53. The van der Waals surface area contributed by atoms with Gasteiger partial charge in [-0.3, -0.25) is 0 Å². The first-order valence-corrected chi connectivity index (χ1v) is 4.00. The number of ether oxygens (including phenoxy) is 1. The van der Waals surface area contributed by atoms with Gasteiger partial charge in [-0.25, -0.2) is 0 Å². The third kappa shape index (κ3) is 0.943. The molecule has 0 amide bonds. The molecule has 3 unspecified atom stereocenters. The van der Waals surface area contributed by atoms with Crippen molar-refractivity contribution in [2.24, 2.45) is 5.41 Å². The predicted octanol–water partition coefficient (Wildman–Crippen LogP) is 0.0123. The minimum atomic E-state index is -4.84. The standard InChI is InChI=1S/C8H7F3O3/c9-8(10,11)7(6(12)13)3-4-1-2-5(7)14-4/h1-2,4-5H,3H2,(H,12,13)/p-1. The molecule has 0 aromatic rings. The average Bonchev–Trinajstić information content (AvgIpc) is 2.59. The van der Waals surface area contributed by atoms with Crippen molar-refractivity contribution in [2.45, 2.75) is 24.8 Å². The van der Waals surface area contributed by atoms with Gasteiger partial charge in [0.15, 0.2) is 0 Å². The SMILES string of the molecule is O=C([O-])C1(C(F)(F)F)CC2C=CC1O2. The Morgan fingerprint density at radius 1 is 1.50 bits per heavy atom. The maximum atomic E-state index is 12.6. The van der Waals surface area contributed by atoms with Crippen LogP contribution in [0, 0.1) is 5.41 Å². The van der Waals surface area contributed by atoms with Gasteiger partial charge in [-0.1, -0.05) is 12.2 Å². The molecule has 0 spiro atoms. The monoisotopic (exact) mass is 207 g/mol. The summed E-state index contributed by atoms with van der Waals surface area (Å²) in [7, 11) is 0. The number of carboxylic acids is 1. The van der Waals surface area contributed by atoms with Crippen LogP contribution >= 0.6 is 0 Å². The molecule has 3 nitrogen and oxygen atoms in total. The summed E-state index contributed by atoms with van der Waals surface area (Å²) in [4.78, 5) is 10.6. The second kappa shape index (κ2) is 2.50. The number of carbonyl (C=O) groups is 1. The van der Waals surface area contributed by atoms with Crippen LogP contribution in [0.5, 0.6) is 0 Å². The van der Waals surface area contributed by atoms with E-state index in [0.717, 1.165) is 6.08 Å². The second-order valence-corrected chi connectivity index (χ2v) is 3.44. The molecule has 0 radical (unpaired) electrons. The van der Waals surface area contributed by atoms with Gasteiger partial charge in [0.05, 0.1) is 18.2 Å². The largest absolute Gasteiger partial charge is 0.549 e. The van der Waals surface area contributed by atoms with Gasteiger partial charge in [0.25, 0.3) is 0 Å². The third-order valence-corrected chi connectivity index (χ3v) is 2.70. The van der Waals surface area contributed by atoms with Gasteiger partial charge in [0, 0.05) is 0 Å². The minimum absolute atomic E-state index is 0.583. The molecule has 2 rings (SSSR count). The van der Waals surface area contributed by atoms with E-state index in [4.69, 9.17) is 4.74 Å². The van der Waals surface area contributed by atoms with Crippen molar-refractivity contribution >= 4 is 5.97 Å². The van der Waals surface area contributed by atoms with E-state index >= 15 is 0 Å². The van der Waals surface area contributed by atoms with E-state index in [1.165, 1.54) is 6.08 Å². The second-order valence-electron chi connectivity index (χ2n) is 3.44. The zero-order valence-electron chi connectivity index (χ0n) is 6.88. The summed E-state index contributed by atoms with van der Waals surface area (Å²) >= 11 is 0. The lowest BCUT2D eigenvalue weighted by atomic mass is 9.76. The Morgan fingerprint density at radius 3 is 2.36 bits per heavy atom. The van der Waals surface area contributed by atoms with E-state index < -0.39 is 36.2 Å². The molecule has 1 fully saturated rings. The quantitative estimate of drug-likeness (QED) is 0.569. The Labute approximate surface area is 77.2 Å². The number of fused-ring (bicyclic) bond motifs is 2. The normalized spacial score (nSPS) is 40.5. The Kier molecular flexibility index (Phi) is 1.70. The molecule has 0 N–H and O–H groups in total. The topological polar surface area (TPSA) is 49.4 Å². The van der Waals surface area contributed by atoms with Gasteiger partial charge in [0.1, 0.15) is 5.41 Å². The molecule has 3 atom stereocenters. The summed E-state index contributed by atoms with van der Waals surface area (Å²) in [6.07, 6.45) is -5.03. The van der Waals surface area contributed by atoms with Crippen LogP contribution in [0.3, 0.4) is 0 Å². The summed E-state index contributed by atoms with van der Waals surface area (Å²) < 4.78 is 42.6. The van der Waals surface area contributed by atoms with Crippen LogP contribution in [-0.2, 0) is 9.53 Å². The summed E-state index contributed by atoms with van der Waals surface area (Å²) in [6.45, 7) is 0. The van der Waals surface area contributed by atoms with Crippen molar-refractivity contribution in [3.8, 4) is 0 Å². The van der Waals surface area contributed by atoms with E-state index in [2.05, 4.69) is 0 Å². The number of hydrogen-bond acceptors (Lipinski definition) is 3. The first-order valence-electron chi connectivity index (χ1n) is 4.00. The van der Waals surface area contributed by atoms with E-state index in [9.17, 15) is 23.1 Å². The first kappa shape index (κ1) is 9.51. The van der Waals surface area contributed by atoms with Crippen molar-refractivity contribution in [2.75, 3.05) is 0 Å². The molecule has 2 aliphatic heterocycles. The first-order chi connectivity index (χ1) is 6.38. The van der Waals surface area contributed by atoms with E-state index in [1.807, 2.05) is 0 Å². The zero-order valence-corrected chi connectivity index (χ0v) is 6.88. The number of hydrogen-bond donors (Lipinski definition) is 0. The maximum absolute atomic E-state index is 12.6. The molecular weight excluding hydrogens is 201 g/mol. The van der Waals surface area contributed by atoms with Crippen molar-refractivity contribution in [1.82, 2.24) is 0 Å². The van der Waals surface area contributed by atoms with Gasteiger partial charge >= 0.3 is 6.18 Å². The van der Waals surface area contributed by atoms with Gasteiger partial charge in [-0.15, -0.1) is 0 Å². The smallest absolute Gasteiger partial charge is 0.402 e. The molecule has 0 aromatic carbocycles. The molecule has 2 heterocycles. The number of halogens is 3. The Bertz CT molecular complexity index is 309. The number of carbonyl (C=O) groups excluding carboxylic acids is 1. The van der Waals surface area contributed by atoms with Crippen LogP contribution in [0.4, 0.5) is 13.2 Å². The lowest BCUT2D eigenvalue weighted by molar-refractivity contribution is -0.345. The van der Waals surface area contributed by atoms with Crippen molar-refractivity contribution in [3.63, 3.8) is 0 Å². The molecular formula is C8H6F3O3-. The highest BCUT2D eigenvalue weighted by atomic mass is 19.4. The molecule has 14 heavy (non-hydrogen) atoms. The summed E-state index contributed by atoms with van der Waals surface area (Å²) in [6, 6.07) is 0. The predicted molar refractivity (Wildman–Crippen MR) is 35.9 cm³/mol. The zero-order chi connectivity index (χ0) is 10.6. The van der Waals surface area contributed by atoms with Crippen molar-refractivity contribution < 1.29 is 27.8 Å². The Morgan fingerprint density at radius 2 is 2.14 bits per heavy atom. The van der Waals surface area contributed by atoms with Gasteiger partial charge < -0.3 is 14.6 Å². The molecule has 0 aliphatic carbocycles. The highest BCUT2D eigenvalue weighted by Gasteiger charge is 2.66. The van der Waals surface area contributed by atoms with Crippen molar-refractivity contribution in [3.05, 3.63) is 12.2 Å². The highest BCUT2D eigenvalue weighted by molar-refractivity contribution is 5.76. The van der Waals surface area contributed by atoms with Crippen LogP contribution in [0.15, 0.2) is 12.2 Å². The summed E-state index contributed by atoms with van der Waals surface area (Å²) in [5.74, 6) is -2.11.